The number of ether oxygens (including phenoxy) is 3. The van der Waals surface area contributed by atoms with Gasteiger partial charge in [0.05, 0.1) is 27.1 Å². The van der Waals surface area contributed by atoms with Gasteiger partial charge in [-0.3, -0.25) is 14.5 Å². The number of nitrogens with zero attached hydrogens (tertiary/aromatic N) is 1. The van der Waals surface area contributed by atoms with Crippen LogP contribution in [0.1, 0.15) is 56.7 Å². The first-order valence-electron chi connectivity index (χ1n) is 10.7. The lowest BCUT2D eigenvalue weighted by molar-refractivity contribution is -0.159. The summed E-state index contributed by atoms with van der Waals surface area (Å²) in [4.78, 5) is 25.6. The zero-order chi connectivity index (χ0) is 21.8. The molecule has 1 aromatic rings. The molecule has 0 aromatic heterocycles. The van der Waals surface area contributed by atoms with Gasteiger partial charge in [0.1, 0.15) is 6.10 Å². The van der Waals surface area contributed by atoms with Crippen molar-refractivity contribution in [1.29, 1.82) is 0 Å². The Balaban J connectivity index is 1.83. The Labute approximate surface area is 178 Å². The van der Waals surface area contributed by atoms with Crippen LogP contribution in [0.3, 0.4) is 0 Å². The van der Waals surface area contributed by atoms with Gasteiger partial charge in [0, 0.05) is 31.5 Å². The average Bonchev–Trinajstić information content (AvgIpc) is 2.71. The number of carboxylic acids is 1. The first kappa shape index (κ1) is 22.4. The number of benzene rings is 1. The summed E-state index contributed by atoms with van der Waals surface area (Å²) in [5.74, 6) is 0.771. The molecule has 0 unspecified atom stereocenters. The quantitative estimate of drug-likeness (QED) is 0.646. The Kier molecular flexibility index (Phi) is 7.23. The average molecular weight is 420 g/mol. The lowest BCUT2D eigenvalue weighted by Gasteiger charge is -2.47. The molecule has 0 aliphatic carbocycles. The van der Waals surface area contributed by atoms with Crippen LogP contribution in [0, 0.1) is 11.8 Å². The van der Waals surface area contributed by atoms with E-state index in [4.69, 9.17) is 19.3 Å². The van der Waals surface area contributed by atoms with Crippen LogP contribution >= 0.6 is 0 Å². The molecule has 7 heteroatoms. The fourth-order valence-electron chi connectivity index (χ4n) is 4.82. The van der Waals surface area contributed by atoms with Crippen LogP contribution in [0.4, 0.5) is 0 Å². The van der Waals surface area contributed by atoms with Crippen molar-refractivity contribution in [1.82, 2.24) is 4.90 Å². The van der Waals surface area contributed by atoms with Crippen LogP contribution in [0.25, 0.3) is 0 Å². The monoisotopic (exact) mass is 419 g/mol. The molecular weight excluding hydrogens is 386 g/mol. The summed E-state index contributed by atoms with van der Waals surface area (Å²) < 4.78 is 16.8. The molecule has 1 N–H and O–H groups in total. The fourth-order valence-corrected chi connectivity index (χ4v) is 4.82. The van der Waals surface area contributed by atoms with E-state index in [0.29, 0.717) is 18.1 Å². The van der Waals surface area contributed by atoms with Crippen molar-refractivity contribution < 1.29 is 28.9 Å². The molecule has 0 radical (unpaired) electrons. The molecule has 0 saturated carbocycles. The highest BCUT2D eigenvalue weighted by atomic mass is 16.5. The Hall–Kier alpha value is -2.28. The molecule has 1 fully saturated rings. The molecule has 1 saturated heterocycles. The molecule has 0 bridgehead atoms. The van der Waals surface area contributed by atoms with E-state index in [-0.39, 0.29) is 30.9 Å². The number of hydrogen-bond acceptors (Lipinski definition) is 6. The normalized spacial score (nSPS) is 23.4. The summed E-state index contributed by atoms with van der Waals surface area (Å²) in [5.41, 5.74) is 2.45. The molecule has 7 nitrogen and oxygen atoms in total. The maximum atomic E-state index is 12.3. The van der Waals surface area contributed by atoms with Gasteiger partial charge < -0.3 is 19.3 Å². The van der Waals surface area contributed by atoms with E-state index in [1.807, 2.05) is 0 Å². The number of fused-ring (bicyclic) bond motifs is 3. The molecule has 30 heavy (non-hydrogen) atoms. The number of piperidine rings is 1. The lowest BCUT2D eigenvalue weighted by Crippen LogP contribution is -2.49. The van der Waals surface area contributed by atoms with Gasteiger partial charge in [-0.05, 0) is 42.0 Å². The highest BCUT2D eigenvalue weighted by Gasteiger charge is 2.41. The zero-order valence-electron chi connectivity index (χ0n) is 18.3. The Morgan fingerprint density at radius 3 is 2.50 bits per heavy atom. The van der Waals surface area contributed by atoms with Crippen LogP contribution in [-0.4, -0.2) is 55.4 Å². The van der Waals surface area contributed by atoms with Gasteiger partial charge in [0.15, 0.2) is 11.5 Å². The van der Waals surface area contributed by atoms with Crippen molar-refractivity contribution in [2.45, 2.75) is 58.1 Å². The molecule has 1 aromatic carbocycles. The molecule has 2 aliphatic rings. The molecule has 3 atom stereocenters. The van der Waals surface area contributed by atoms with E-state index in [2.05, 4.69) is 30.9 Å². The van der Waals surface area contributed by atoms with Crippen LogP contribution in [0.5, 0.6) is 11.5 Å². The second-order valence-electron chi connectivity index (χ2n) is 8.71. The molecule has 2 heterocycles. The van der Waals surface area contributed by atoms with Gasteiger partial charge in [-0.2, -0.15) is 0 Å². The molecule has 0 amide bonds. The standard InChI is InChI=1S/C23H33NO6/c1-14(2)9-16-13-24-8-7-15-10-20(28-3)21(29-4)11-17(15)18(24)12-19(16)30-23(27)6-5-22(25)26/h10-11,14,16,18-19H,5-9,12-13H2,1-4H3,(H,25,26)/t16-,18-,19-/m1/s1. The Morgan fingerprint density at radius 1 is 1.17 bits per heavy atom. The minimum absolute atomic E-state index is 0.0871. The molecular formula is C23H33NO6. The van der Waals surface area contributed by atoms with Crippen LogP contribution in [-0.2, 0) is 20.7 Å². The van der Waals surface area contributed by atoms with E-state index < -0.39 is 11.9 Å². The first-order valence-corrected chi connectivity index (χ1v) is 10.7. The number of carboxylic acid groups (broad SMARTS) is 1. The predicted molar refractivity (Wildman–Crippen MR) is 112 cm³/mol. The third-order valence-corrected chi connectivity index (χ3v) is 6.16. The number of methoxy groups -OCH3 is 2. The van der Waals surface area contributed by atoms with Gasteiger partial charge in [-0.25, -0.2) is 0 Å². The van der Waals surface area contributed by atoms with E-state index >= 15 is 0 Å². The third kappa shape index (κ3) is 5.06. The minimum Gasteiger partial charge on any atom is -0.493 e. The first-order chi connectivity index (χ1) is 14.3. The van der Waals surface area contributed by atoms with Gasteiger partial charge in [0.2, 0.25) is 0 Å². The summed E-state index contributed by atoms with van der Waals surface area (Å²) in [6.07, 6.45) is 2.13. The van der Waals surface area contributed by atoms with Crippen molar-refractivity contribution in [3.63, 3.8) is 0 Å². The number of esters is 1. The Bertz CT molecular complexity index is 777. The zero-order valence-corrected chi connectivity index (χ0v) is 18.3. The van der Waals surface area contributed by atoms with Crippen molar-refractivity contribution >= 4 is 11.9 Å². The number of hydrogen-bond donors (Lipinski definition) is 1. The summed E-state index contributed by atoms with van der Waals surface area (Å²) in [6.45, 7) is 6.19. The summed E-state index contributed by atoms with van der Waals surface area (Å²) in [7, 11) is 3.28. The van der Waals surface area contributed by atoms with Gasteiger partial charge >= 0.3 is 11.9 Å². The van der Waals surface area contributed by atoms with Crippen LogP contribution in [0.15, 0.2) is 12.1 Å². The van der Waals surface area contributed by atoms with Crippen LogP contribution in [0.2, 0.25) is 0 Å². The van der Waals surface area contributed by atoms with Gasteiger partial charge in [-0.1, -0.05) is 13.8 Å². The van der Waals surface area contributed by atoms with E-state index in [1.54, 1.807) is 14.2 Å². The summed E-state index contributed by atoms with van der Waals surface area (Å²) in [6, 6.07) is 4.26. The number of rotatable bonds is 8. The topological polar surface area (TPSA) is 85.3 Å². The summed E-state index contributed by atoms with van der Waals surface area (Å²) >= 11 is 0. The number of aliphatic carboxylic acids is 1. The minimum atomic E-state index is -0.984. The van der Waals surface area contributed by atoms with E-state index in [1.165, 1.54) is 11.1 Å². The van der Waals surface area contributed by atoms with Crippen molar-refractivity contribution in [2.24, 2.45) is 11.8 Å². The largest absolute Gasteiger partial charge is 0.493 e. The number of carbonyl (C=O) groups is 2. The van der Waals surface area contributed by atoms with Crippen molar-refractivity contribution in [3.8, 4) is 11.5 Å². The SMILES string of the molecule is COc1cc2c(cc1OC)[C@H]1C[C@@H](OC(=O)CCC(=O)O)[C@H](CC(C)C)CN1CC2. The molecule has 166 valence electrons. The maximum absolute atomic E-state index is 12.3. The number of carbonyl (C=O) groups excluding carboxylic acids is 1. The predicted octanol–water partition coefficient (Wildman–Crippen LogP) is 3.45. The van der Waals surface area contributed by atoms with Gasteiger partial charge in [0.25, 0.3) is 0 Å². The lowest BCUT2D eigenvalue weighted by atomic mass is 9.79. The molecule has 3 rings (SSSR count). The van der Waals surface area contributed by atoms with E-state index in [0.717, 1.165) is 31.7 Å². The van der Waals surface area contributed by atoms with Gasteiger partial charge in [-0.15, -0.1) is 0 Å². The fraction of sp³-hybridized carbons (Fsp3) is 0.652. The molecule has 2 aliphatic heterocycles. The Morgan fingerprint density at radius 2 is 1.87 bits per heavy atom. The van der Waals surface area contributed by atoms with E-state index in [9.17, 15) is 9.59 Å². The third-order valence-electron chi connectivity index (χ3n) is 6.16. The molecule has 0 spiro atoms. The maximum Gasteiger partial charge on any atom is 0.306 e. The van der Waals surface area contributed by atoms with Crippen molar-refractivity contribution in [3.05, 3.63) is 23.3 Å². The smallest absolute Gasteiger partial charge is 0.306 e. The summed E-state index contributed by atoms with van der Waals surface area (Å²) in [5, 5.41) is 8.86. The van der Waals surface area contributed by atoms with Crippen LogP contribution < -0.4 is 9.47 Å². The second-order valence-corrected chi connectivity index (χ2v) is 8.71. The second kappa shape index (κ2) is 9.69. The highest BCUT2D eigenvalue weighted by molar-refractivity contribution is 5.76. The highest BCUT2D eigenvalue weighted by Crippen LogP contribution is 2.44. The van der Waals surface area contributed by atoms with Crippen molar-refractivity contribution in [2.75, 3.05) is 27.3 Å².